The van der Waals surface area contributed by atoms with Crippen LogP contribution in [0.2, 0.25) is 0 Å². The highest BCUT2D eigenvalue weighted by Crippen LogP contribution is 2.14. The molecule has 0 bridgehead atoms. The zero-order chi connectivity index (χ0) is 10.4. The van der Waals surface area contributed by atoms with E-state index in [1.165, 1.54) is 0 Å². The van der Waals surface area contributed by atoms with Gasteiger partial charge >= 0.3 is 5.97 Å². The second kappa shape index (κ2) is 5.56. The zero-order valence-electron chi connectivity index (χ0n) is 8.33. The van der Waals surface area contributed by atoms with E-state index in [0.29, 0.717) is 0 Å². The lowest BCUT2D eigenvalue weighted by Gasteiger charge is -2.17. The molecule has 0 aromatic heterocycles. The Kier molecular flexibility index (Phi) is 5.11. The van der Waals surface area contributed by atoms with E-state index < -0.39 is 5.97 Å². The van der Waals surface area contributed by atoms with Crippen molar-refractivity contribution in [3.05, 3.63) is 0 Å². The summed E-state index contributed by atoms with van der Waals surface area (Å²) in [5.41, 5.74) is 0. The zero-order valence-corrected chi connectivity index (χ0v) is 8.33. The van der Waals surface area contributed by atoms with Crippen LogP contribution in [0.25, 0.3) is 0 Å². The first kappa shape index (κ1) is 11.9. The fourth-order valence-electron chi connectivity index (χ4n) is 1.25. The van der Waals surface area contributed by atoms with Crippen molar-refractivity contribution >= 4 is 11.9 Å². The molecule has 0 aromatic carbocycles. The number of hydrogen-bond acceptors (Lipinski definition) is 2. The minimum absolute atomic E-state index is 0.0839. The van der Waals surface area contributed by atoms with E-state index in [1.54, 1.807) is 0 Å². The molecule has 4 heteroatoms. The van der Waals surface area contributed by atoms with Gasteiger partial charge in [-0.25, -0.2) is 0 Å². The fraction of sp³-hybridized carbons (Fsp3) is 0.778. The molecular weight excluding hydrogens is 170 g/mol. The Bertz CT molecular complexity index is 189. The highest BCUT2D eigenvalue weighted by Gasteiger charge is 2.19. The molecule has 1 unspecified atom stereocenters. The SMILES string of the molecule is CCC(C(=O)NCC(=O)O)C(C)C. The van der Waals surface area contributed by atoms with Crippen LogP contribution in [0.15, 0.2) is 0 Å². The number of rotatable bonds is 5. The first-order chi connectivity index (χ1) is 5.99. The maximum atomic E-state index is 11.3. The van der Waals surface area contributed by atoms with Gasteiger partial charge in [-0.05, 0) is 12.3 Å². The van der Waals surface area contributed by atoms with Gasteiger partial charge in [0.15, 0.2) is 0 Å². The summed E-state index contributed by atoms with van der Waals surface area (Å²) in [7, 11) is 0. The lowest BCUT2D eigenvalue weighted by molar-refractivity contribution is -0.138. The van der Waals surface area contributed by atoms with Gasteiger partial charge in [0.25, 0.3) is 0 Å². The summed E-state index contributed by atoms with van der Waals surface area (Å²) in [5, 5.41) is 10.7. The Morgan fingerprint density at radius 1 is 1.38 bits per heavy atom. The van der Waals surface area contributed by atoms with Gasteiger partial charge in [0.05, 0.1) is 0 Å². The number of amides is 1. The van der Waals surface area contributed by atoms with Crippen LogP contribution in [0.1, 0.15) is 27.2 Å². The van der Waals surface area contributed by atoms with Gasteiger partial charge in [0, 0.05) is 5.92 Å². The molecule has 0 spiro atoms. The van der Waals surface area contributed by atoms with E-state index in [4.69, 9.17) is 5.11 Å². The molecule has 0 radical (unpaired) electrons. The summed E-state index contributed by atoms with van der Waals surface area (Å²) in [6, 6.07) is 0. The molecule has 0 aliphatic heterocycles. The maximum Gasteiger partial charge on any atom is 0.322 e. The van der Waals surface area contributed by atoms with Crippen molar-refractivity contribution in [3.8, 4) is 0 Å². The number of carboxylic acid groups (broad SMARTS) is 1. The van der Waals surface area contributed by atoms with Crippen LogP contribution in [0, 0.1) is 11.8 Å². The van der Waals surface area contributed by atoms with E-state index >= 15 is 0 Å². The predicted octanol–water partition coefficient (Wildman–Crippen LogP) is 0.869. The van der Waals surface area contributed by atoms with Crippen molar-refractivity contribution in [2.75, 3.05) is 6.54 Å². The van der Waals surface area contributed by atoms with Crippen LogP contribution in [0.3, 0.4) is 0 Å². The van der Waals surface area contributed by atoms with E-state index in [9.17, 15) is 9.59 Å². The van der Waals surface area contributed by atoms with Crippen molar-refractivity contribution < 1.29 is 14.7 Å². The largest absolute Gasteiger partial charge is 0.480 e. The first-order valence-corrected chi connectivity index (χ1v) is 4.48. The topological polar surface area (TPSA) is 66.4 Å². The third kappa shape index (κ3) is 4.50. The minimum Gasteiger partial charge on any atom is -0.480 e. The smallest absolute Gasteiger partial charge is 0.322 e. The summed E-state index contributed by atoms with van der Waals surface area (Å²) in [5.74, 6) is -1.01. The van der Waals surface area contributed by atoms with Gasteiger partial charge in [-0.3, -0.25) is 9.59 Å². The number of carbonyl (C=O) groups is 2. The average molecular weight is 187 g/mol. The van der Waals surface area contributed by atoms with Gasteiger partial charge in [0.1, 0.15) is 6.54 Å². The lowest BCUT2D eigenvalue weighted by Crippen LogP contribution is -2.36. The summed E-state index contributed by atoms with van der Waals surface area (Å²) in [4.78, 5) is 21.5. The molecule has 0 heterocycles. The molecular formula is C9H17NO3. The number of carbonyl (C=O) groups excluding carboxylic acids is 1. The normalized spacial score (nSPS) is 12.6. The molecule has 0 saturated heterocycles. The van der Waals surface area contributed by atoms with Gasteiger partial charge in [-0.1, -0.05) is 20.8 Å². The Morgan fingerprint density at radius 2 is 1.92 bits per heavy atom. The molecule has 1 amide bonds. The highest BCUT2D eigenvalue weighted by molar-refractivity contribution is 5.82. The quantitative estimate of drug-likeness (QED) is 0.671. The second-order valence-corrected chi connectivity index (χ2v) is 3.37. The van der Waals surface area contributed by atoms with E-state index in [0.717, 1.165) is 6.42 Å². The summed E-state index contributed by atoms with van der Waals surface area (Å²) < 4.78 is 0. The summed E-state index contributed by atoms with van der Waals surface area (Å²) in [6.07, 6.45) is 0.739. The Balaban J connectivity index is 3.99. The molecule has 0 saturated carbocycles. The van der Waals surface area contributed by atoms with Crippen molar-refractivity contribution in [3.63, 3.8) is 0 Å². The first-order valence-electron chi connectivity index (χ1n) is 4.48. The fourth-order valence-corrected chi connectivity index (χ4v) is 1.25. The molecule has 0 aliphatic rings. The van der Waals surface area contributed by atoms with Crippen LogP contribution in [-0.4, -0.2) is 23.5 Å². The van der Waals surface area contributed by atoms with Crippen LogP contribution >= 0.6 is 0 Å². The van der Waals surface area contributed by atoms with Crippen molar-refractivity contribution in [1.29, 1.82) is 0 Å². The Morgan fingerprint density at radius 3 is 2.23 bits per heavy atom. The molecule has 0 aliphatic carbocycles. The molecule has 76 valence electrons. The number of nitrogens with one attached hydrogen (secondary N) is 1. The third-order valence-corrected chi connectivity index (χ3v) is 2.00. The second-order valence-electron chi connectivity index (χ2n) is 3.37. The van der Waals surface area contributed by atoms with Crippen molar-refractivity contribution in [2.24, 2.45) is 11.8 Å². The third-order valence-electron chi connectivity index (χ3n) is 2.00. The van der Waals surface area contributed by atoms with Crippen molar-refractivity contribution in [1.82, 2.24) is 5.32 Å². The number of carboxylic acids is 1. The lowest BCUT2D eigenvalue weighted by atomic mass is 9.92. The monoisotopic (exact) mass is 187 g/mol. The van der Waals surface area contributed by atoms with Gasteiger partial charge in [0.2, 0.25) is 5.91 Å². The van der Waals surface area contributed by atoms with Crippen LogP contribution in [0.5, 0.6) is 0 Å². The molecule has 0 fully saturated rings. The predicted molar refractivity (Wildman–Crippen MR) is 49.3 cm³/mol. The van der Waals surface area contributed by atoms with Crippen LogP contribution in [0.4, 0.5) is 0 Å². The molecule has 1 atom stereocenters. The molecule has 4 nitrogen and oxygen atoms in total. The summed E-state index contributed by atoms with van der Waals surface area (Å²) >= 11 is 0. The molecule has 0 rings (SSSR count). The Hall–Kier alpha value is -1.06. The summed E-state index contributed by atoms with van der Waals surface area (Å²) in [6.45, 7) is 5.54. The Labute approximate surface area is 78.3 Å². The van der Waals surface area contributed by atoms with Gasteiger partial charge in [-0.15, -0.1) is 0 Å². The molecule has 0 aromatic rings. The molecule has 2 N–H and O–H groups in total. The van der Waals surface area contributed by atoms with Crippen LogP contribution in [-0.2, 0) is 9.59 Å². The number of aliphatic carboxylic acids is 1. The molecule has 13 heavy (non-hydrogen) atoms. The maximum absolute atomic E-state index is 11.3. The van der Waals surface area contributed by atoms with E-state index in [2.05, 4.69) is 5.32 Å². The highest BCUT2D eigenvalue weighted by atomic mass is 16.4. The van der Waals surface area contributed by atoms with Gasteiger partial charge in [-0.2, -0.15) is 0 Å². The standard InChI is InChI=1S/C9H17NO3/c1-4-7(6(2)3)9(13)10-5-8(11)12/h6-7H,4-5H2,1-3H3,(H,10,13)(H,11,12). The average Bonchev–Trinajstić information content (AvgIpc) is 2.01. The van der Waals surface area contributed by atoms with Gasteiger partial charge < -0.3 is 10.4 Å². The van der Waals surface area contributed by atoms with Crippen molar-refractivity contribution in [2.45, 2.75) is 27.2 Å². The van der Waals surface area contributed by atoms with Crippen LogP contribution < -0.4 is 5.32 Å². The van der Waals surface area contributed by atoms with E-state index in [-0.39, 0.29) is 24.3 Å². The van der Waals surface area contributed by atoms with E-state index in [1.807, 2.05) is 20.8 Å². The number of hydrogen-bond donors (Lipinski definition) is 2. The minimum atomic E-state index is -1.01.